The van der Waals surface area contributed by atoms with Crippen LogP contribution < -0.4 is 14.8 Å². The number of hydrogen-bond donors (Lipinski definition) is 1. The highest BCUT2D eigenvalue weighted by Crippen LogP contribution is 2.33. The Labute approximate surface area is 217 Å². The van der Waals surface area contributed by atoms with Gasteiger partial charge in [0, 0.05) is 19.3 Å². The summed E-state index contributed by atoms with van der Waals surface area (Å²) in [4.78, 5) is 15.4. The van der Waals surface area contributed by atoms with Crippen LogP contribution in [0, 0.1) is 11.3 Å². The SMILES string of the molecule is COc1cc(C(Nc2ccc(C#N)cc2)C(=O)N(C)Cc2ccccc2)ccc1OCc1ccccc1. The Bertz CT molecular complexity index is 1350. The quantitative estimate of drug-likeness (QED) is 0.296. The van der Waals surface area contributed by atoms with Crippen molar-refractivity contribution in [2.24, 2.45) is 0 Å². The van der Waals surface area contributed by atoms with Crippen molar-refractivity contribution in [3.63, 3.8) is 0 Å². The topological polar surface area (TPSA) is 74.6 Å². The zero-order chi connectivity index (χ0) is 26.0. The van der Waals surface area contributed by atoms with Crippen molar-refractivity contribution in [1.82, 2.24) is 4.90 Å². The summed E-state index contributed by atoms with van der Waals surface area (Å²) in [5.41, 5.74) is 4.10. The van der Waals surface area contributed by atoms with Crippen LogP contribution in [0.4, 0.5) is 5.69 Å². The highest BCUT2D eigenvalue weighted by molar-refractivity contribution is 5.86. The van der Waals surface area contributed by atoms with E-state index in [1.54, 1.807) is 43.3 Å². The molecule has 1 unspecified atom stereocenters. The molecule has 186 valence electrons. The molecule has 1 amide bonds. The normalized spacial score (nSPS) is 11.2. The van der Waals surface area contributed by atoms with Crippen molar-refractivity contribution in [2.45, 2.75) is 19.2 Å². The van der Waals surface area contributed by atoms with E-state index < -0.39 is 6.04 Å². The number of nitrogens with one attached hydrogen (secondary N) is 1. The lowest BCUT2D eigenvalue weighted by Crippen LogP contribution is -2.35. The van der Waals surface area contributed by atoms with Gasteiger partial charge in [0.2, 0.25) is 5.91 Å². The number of nitrogens with zero attached hydrogens (tertiary/aromatic N) is 2. The zero-order valence-electron chi connectivity index (χ0n) is 20.9. The van der Waals surface area contributed by atoms with Gasteiger partial charge in [-0.3, -0.25) is 4.79 Å². The third-order valence-corrected chi connectivity index (χ3v) is 5.97. The van der Waals surface area contributed by atoms with E-state index in [2.05, 4.69) is 11.4 Å². The minimum absolute atomic E-state index is 0.104. The number of methoxy groups -OCH3 is 1. The smallest absolute Gasteiger partial charge is 0.249 e. The Morgan fingerprint density at radius 3 is 2.16 bits per heavy atom. The van der Waals surface area contributed by atoms with E-state index in [0.29, 0.717) is 30.2 Å². The van der Waals surface area contributed by atoms with Gasteiger partial charge in [-0.2, -0.15) is 5.26 Å². The fourth-order valence-electron chi connectivity index (χ4n) is 3.97. The fourth-order valence-corrected chi connectivity index (χ4v) is 3.97. The minimum atomic E-state index is -0.682. The maximum atomic E-state index is 13.7. The molecule has 0 spiro atoms. The molecular formula is C31H29N3O3. The molecule has 1 N–H and O–H groups in total. The number of likely N-dealkylation sites (N-methyl/N-ethyl adjacent to an activating group) is 1. The summed E-state index contributed by atoms with van der Waals surface area (Å²) in [5.74, 6) is 1.03. The van der Waals surface area contributed by atoms with E-state index in [-0.39, 0.29) is 5.91 Å². The first-order valence-corrected chi connectivity index (χ1v) is 12.0. The Morgan fingerprint density at radius 1 is 0.892 bits per heavy atom. The van der Waals surface area contributed by atoms with Crippen LogP contribution >= 0.6 is 0 Å². The lowest BCUT2D eigenvalue weighted by Gasteiger charge is -2.26. The van der Waals surface area contributed by atoms with Crippen LogP contribution in [0.1, 0.15) is 28.3 Å². The number of carbonyl (C=O) groups excluding carboxylic acids is 1. The summed E-state index contributed by atoms with van der Waals surface area (Å²) in [6.07, 6.45) is 0. The third kappa shape index (κ3) is 6.68. The van der Waals surface area contributed by atoms with Gasteiger partial charge in [0.1, 0.15) is 12.6 Å². The van der Waals surface area contributed by atoms with Gasteiger partial charge in [-0.1, -0.05) is 66.7 Å². The number of carbonyl (C=O) groups is 1. The summed E-state index contributed by atoms with van der Waals surface area (Å²) in [6.45, 7) is 0.878. The third-order valence-electron chi connectivity index (χ3n) is 5.97. The van der Waals surface area contributed by atoms with Gasteiger partial charge in [0.15, 0.2) is 11.5 Å². The number of benzene rings is 4. The van der Waals surface area contributed by atoms with Gasteiger partial charge in [-0.15, -0.1) is 0 Å². The molecule has 6 heteroatoms. The van der Waals surface area contributed by atoms with E-state index in [9.17, 15) is 4.79 Å². The standard InChI is InChI=1S/C31H29N3O3/c1-34(21-24-9-5-3-6-10-24)31(35)30(33-27-16-13-23(20-32)14-17-27)26-15-18-28(29(19-26)36-2)37-22-25-11-7-4-8-12-25/h3-19,30,33H,21-22H2,1-2H3. The Balaban J connectivity index is 1.60. The molecule has 0 aromatic heterocycles. The number of ether oxygens (including phenoxy) is 2. The number of amides is 1. The van der Waals surface area contributed by atoms with Crippen LogP contribution in [0.3, 0.4) is 0 Å². The Morgan fingerprint density at radius 2 is 1.54 bits per heavy atom. The molecule has 0 fully saturated rings. The van der Waals surface area contributed by atoms with Gasteiger partial charge in [0.05, 0.1) is 18.7 Å². The van der Waals surface area contributed by atoms with Crippen LogP contribution in [-0.4, -0.2) is 25.0 Å². The summed E-state index contributed by atoms with van der Waals surface area (Å²) in [7, 11) is 3.37. The molecule has 6 nitrogen and oxygen atoms in total. The van der Waals surface area contributed by atoms with E-state index in [4.69, 9.17) is 14.7 Å². The van der Waals surface area contributed by atoms with E-state index in [1.165, 1.54) is 0 Å². The van der Waals surface area contributed by atoms with Crippen LogP contribution in [0.25, 0.3) is 0 Å². The molecule has 0 aliphatic carbocycles. The summed E-state index contributed by atoms with van der Waals surface area (Å²) in [6, 6.07) is 33.8. The minimum Gasteiger partial charge on any atom is -0.493 e. The highest BCUT2D eigenvalue weighted by atomic mass is 16.5. The second-order valence-corrected chi connectivity index (χ2v) is 8.63. The maximum absolute atomic E-state index is 13.7. The first-order valence-electron chi connectivity index (χ1n) is 12.0. The zero-order valence-corrected chi connectivity index (χ0v) is 20.9. The monoisotopic (exact) mass is 491 g/mol. The summed E-state index contributed by atoms with van der Waals surface area (Å²) >= 11 is 0. The lowest BCUT2D eigenvalue weighted by molar-refractivity contribution is -0.131. The van der Waals surface area contributed by atoms with Crippen molar-refractivity contribution in [1.29, 1.82) is 5.26 Å². The van der Waals surface area contributed by atoms with Gasteiger partial charge < -0.3 is 19.7 Å². The van der Waals surface area contributed by atoms with Gasteiger partial charge >= 0.3 is 0 Å². The molecule has 0 heterocycles. The van der Waals surface area contributed by atoms with Gasteiger partial charge in [-0.25, -0.2) is 0 Å². The summed E-state index contributed by atoms with van der Waals surface area (Å²) < 4.78 is 11.6. The molecule has 37 heavy (non-hydrogen) atoms. The molecule has 4 rings (SSSR count). The molecule has 0 aliphatic rings. The molecule has 0 radical (unpaired) electrons. The van der Waals surface area contributed by atoms with Crippen molar-refractivity contribution in [3.8, 4) is 17.6 Å². The number of nitriles is 1. The molecular weight excluding hydrogens is 462 g/mol. The molecule has 0 saturated carbocycles. The second kappa shape index (κ2) is 12.3. The first-order chi connectivity index (χ1) is 18.1. The number of rotatable bonds is 10. The molecule has 0 bridgehead atoms. The summed E-state index contributed by atoms with van der Waals surface area (Å²) in [5, 5.41) is 12.5. The van der Waals surface area contributed by atoms with Crippen molar-refractivity contribution in [3.05, 3.63) is 125 Å². The van der Waals surface area contributed by atoms with Crippen molar-refractivity contribution in [2.75, 3.05) is 19.5 Å². The highest BCUT2D eigenvalue weighted by Gasteiger charge is 2.25. The lowest BCUT2D eigenvalue weighted by atomic mass is 10.0. The van der Waals surface area contributed by atoms with Crippen LogP contribution in [-0.2, 0) is 17.9 Å². The largest absolute Gasteiger partial charge is 0.493 e. The molecule has 4 aromatic rings. The van der Waals surface area contributed by atoms with Crippen LogP contribution in [0.2, 0.25) is 0 Å². The number of hydrogen-bond acceptors (Lipinski definition) is 5. The Hall–Kier alpha value is -4.76. The van der Waals surface area contributed by atoms with E-state index in [1.807, 2.05) is 78.9 Å². The fraction of sp³-hybridized carbons (Fsp3) is 0.161. The first kappa shape index (κ1) is 25.3. The van der Waals surface area contributed by atoms with E-state index >= 15 is 0 Å². The Kier molecular flexibility index (Phi) is 8.41. The number of anilines is 1. The molecule has 4 aromatic carbocycles. The second-order valence-electron chi connectivity index (χ2n) is 8.63. The van der Waals surface area contributed by atoms with Crippen LogP contribution in [0.5, 0.6) is 11.5 Å². The molecule has 0 saturated heterocycles. The van der Waals surface area contributed by atoms with Crippen molar-refractivity contribution >= 4 is 11.6 Å². The predicted octanol–water partition coefficient (Wildman–Crippen LogP) is 5.96. The molecule has 1 atom stereocenters. The van der Waals surface area contributed by atoms with E-state index in [0.717, 1.165) is 22.4 Å². The predicted molar refractivity (Wildman–Crippen MR) is 144 cm³/mol. The van der Waals surface area contributed by atoms with Crippen molar-refractivity contribution < 1.29 is 14.3 Å². The van der Waals surface area contributed by atoms with Crippen LogP contribution in [0.15, 0.2) is 103 Å². The average Bonchev–Trinajstić information content (AvgIpc) is 2.95. The van der Waals surface area contributed by atoms with Gasteiger partial charge in [0.25, 0.3) is 0 Å². The average molecular weight is 492 g/mol. The maximum Gasteiger partial charge on any atom is 0.249 e. The molecule has 0 aliphatic heterocycles. The van der Waals surface area contributed by atoms with Gasteiger partial charge in [-0.05, 0) is 53.1 Å².